The zero-order valence-corrected chi connectivity index (χ0v) is 15.8. The van der Waals surface area contributed by atoms with Crippen LogP contribution in [0.25, 0.3) is 0 Å². The van der Waals surface area contributed by atoms with Gasteiger partial charge in [0.05, 0.1) is 6.10 Å². The fourth-order valence-corrected chi connectivity index (χ4v) is 3.98. The zero-order valence-electron chi connectivity index (χ0n) is 15.8. The van der Waals surface area contributed by atoms with Gasteiger partial charge in [0.2, 0.25) is 0 Å². The van der Waals surface area contributed by atoms with E-state index in [1.165, 1.54) is 36.0 Å². The molecular formula is C23H31NO. The van der Waals surface area contributed by atoms with E-state index in [-0.39, 0.29) is 6.04 Å². The molecule has 1 saturated heterocycles. The second kappa shape index (κ2) is 8.16. The van der Waals surface area contributed by atoms with Crippen molar-refractivity contribution in [3.8, 4) is 0 Å². The van der Waals surface area contributed by atoms with Crippen LogP contribution >= 0.6 is 0 Å². The molecule has 25 heavy (non-hydrogen) atoms. The molecule has 2 nitrogen and oxygen atoms in total. The molecule has 0 spiro atoms. The molecule has 0 aromatic heterocycles. The third kappa shape index (κ3) is 4.71. The van der Waals surface area contributed by atoms with Gasteiger partial charge in [-0.05, 0) is 70.2 Å². The number of nitrogens with zero attached hydrogens (tertiary/aromatic N) is 1. The predicted octanol–water partition coefficient (Wildman–Crippen LogP) is 4.68. The second-order valence-electron chi connectivity index (χ2n) is 7.77. The summed E-state index contributed by atoms with van der Waals surface area (Å²) in [6.07, 6.45) is 3.22. The lowest BCUT2D eigenvalue weighted by atomic mass is 9.88. The molecule has 0 saturated carbocycles. The van der Waals surface area contributed by atoms with Crippen molar-refractivity contribution >= 4 is 0 Å². The fourth-order valence-electron chi connectivity index (χ4n) is 3.98. The van der Waals surface area contributed by atoms with Crippen molar-refractivity contribution < 1.29 is 5.11 Å². The van der Waals surface area contributed by atoms with E-state index in [0.717, 1.165) is 24.6 Å². The zero-order chi connectivity index (χ0) is 17.8. The van der Waals surface area contributed by atoms with Crippen molar-refractivity contribution in [3.05, 3.63) is 70.8 Å². The summed E-state index contributed by atoms with van der Waals surface area (Å²) in [6.45, 7) is 8.57. The lowest BCUT2D eigenvalue weighted by molar-refractivity contribution is 0.0373. The van der Waals surface area contributed by atoms with Crippen LogP contribution in [0.4, 0.5) is 0 Å². The Morgan fingerprint density at radius 3 is 2.32 bits per heavy atom. The number of aryl methyl sites for hydroxylation is 2. The Morgan fingerprint density at radius 1 is 1.00 bits per heavy atom. The summed E-state index contributed by atoms with van der Waals surface area (Å²) in [7, 11) is 0. The van der Waals surface area contributed by atoms with Crippen LogP contribution in [0, 0.1) is 19.8 Å². The van der Waals surface area contributed by atoms with E-state index in [2.05, 4.69) is 74.2 Å². The summed E-state index contributed by atoms with van der Waals surface area (Å²) in [5.41, 5.74) is 5.08. The first-order valence-electron chi connectivity index (χ1n) is 9.57. The van der Waals surface area contributed by atoms with E-state index in [1.54, 1.807) is 0 Å². The number of aliphatic hydroxyl groups excluding tert-OH is 1. The summed E-state index contributed by atoms with van der Waals surface area (Å²) in [4.78, 5) is 2.46. The molecule has 1 N–H and O–H groups in total. The van der Waals surface area contributed by atoms with Crippen LogP contribution in [0.3, 0.4) is 0 Å². The van der Waals surface area contributed by atoms with Crippen molar-refractivity contribution in [1.82, 2.24) is 4.90 Å². The molecule has 2 aromatic carbocycles. The van der Waals surface area contributed by atoms with Crippen molar-refractivity contribution in [2.75, 3.05) is 13.1 Å². The minimum absolute atomic E-state index is 0.169. The lowest BCUT2D eigenvalue weighted by Gasteiger charge is -2.38. The number of aliphatic hydroxyl groups is 1. The van der Waals surface area contributed by atoms with Crippen LogP contribution < -0.4 is 0 Å². The number of hydrogen-bond acceptors (Lipinski definition) is 2. The number of rotatable bonds is 5. The van der Waals surface area contributed by atoms with Crippen LogP contribution in [0.15, 0.2) is 48.5 Å². The second-order valence-corrected chi connectivity index (χ2v) is 7.77. The molecule has 1 heterocycles. The molecular weight excluding hydrogens is 306 g/mol. The van der Waals surface area contributed by atoms with Gasteiger partial charge in [-0.2, -0.15) is 0 Å². The van der Waals surface area contributed by atoms with E-state index in [1.807, 2.05) is 0 Å². The molecule has 1 fully saturated rings. The van der Waals surface area contributed by atoms with E-state index < -0.39 is 6.10 Å². The SMILES string of the molecule is Cc1ccc(C(O)C(C)N2CCC(Cc3cccc(C)c3)CC2)cc1. The summed E-state index contributed by atoms with van der Waals surface area (Å²) in [5.74, 6) is 0.766. The van der Waals surface area contributed by atoms with Crippen molar-refractivity contribution in [2.45, 2.75) is 52.2 Å². The molecule has 3 rings (SSSR count). The van der Waals surface area contributed by atoms with Crippen LogP contribution in [-0.4, -0.2) is 29.1 Å². The first-order valence-corrected chi connectivity index (χ1v) is 9.57. The van der Waals surface area contributed by atoms with Crippen LogP contribution in [-0.2, 0) is 6.42 Å². The average molecular weight is 338 g/mol. The molecule has 0 aliphatic carbocycles. The summed E-state index contributed by atoms with van der Waals surface area (Å²) >= 11 is 0. The van der Waals surface area contributed by atoms with Gasteiger partial charge in [-0.3, -0.25) is 4.90 Å². The maximum Gasteiger partial charge on any atom is 0.0942 e. The molecule has 2 aromatic rings. The maximum absolute atomic E-state index is 10.7. The van der Waals surface area contributed by atoms with Gasteiger partial charge in [0.15, 0.2) is 0 Å². The Kier molecular flexibility index (Phi) is 5.93. The van der Waals surface area contributed by atoms with Gasteiger partial charge in [0.1, 0.15) is 0 Å². The molecule has 0 amide bonds. The minimum atomic E-state index is -0.408. The molecule has 0 bridgehead atoms. The van der Waals surface area contributed by atoms with Crippen molar-refractivity contribution in [1.29, 1.82) is 0 Å². The average Bonchev–Trinajstić information content (AvgIpc) is 2.62. The number of piperidine rings is 1. The molecule has 1 aliphatic heterocycles. The van der Waals surface area contributed by atoms with E-state index >= 15 is 0 Å². The van der Waals surface area contributed by atoms with E-state index in [4.69, 9.17) is 0 Å². The number of benzene rings is 2. The predicted molar refractivity (Wildman–Crippen MR) is 105 cm³/mol. The Balaban J connectivity index is 1.53. The highest BCUT2D eigenvalue weighted by molar-refractivity contribution is 5.24. The van der Waals surface area contributed by atoms with Crippen molar-refractivity contribution in [2.24, 2.45) is 5.92 Å². The maximum atomic E-state index is 10.7. The molecule has 2 heteroatoms. The Labute approximate surface area is 152 Å². The smallest absolute Gasteiger partial charge is 0.0942 e. The Bertz CT molecular complexity index is 671. The summed E-state index contributed by atoms with van der Waals surface area (Å²) in [5, 5.41) is 10.7. The highest BCUT2D eigenvalue weighted by Gasteiger charge is 2.27. The van der Waals surface area contributed by atoms with Gasteiger partial charge in [0, 0.05) is 6.04 Å². The van der Waals surface area contributed by atoms with E-state index in [9.17, 15) is 5.11 Å². The molecule has 1 aliphatic rings. The van der Waals surface area contributed by atoms with Gasteiger partial charge in [0.25, 0.3) is 0 Å². The van der Waals surface area contributed by atoms with E-state index in [0.29, 0.717) is 0 Å². The van der Waals surface area contributed by atoms with Gasteiger partial charge in [-0.15, -0.1) is 0 Å². The summed E-state index contributed by atoms with van der Waals surface area (Å²) in [6, 6.07) is 17.3. The highest BCUT2D eigenvalue weighted by Crippen LogP contribution is 2.27. The monoisotopic (exact) mass is 337 g/mol. The van der Waals surface area contributed by atoms with Crippen LogP contribution in [0.2, 0.25) is 0 Å². The molecule has 134 valence electrons. The largest absolute Gasteiger partial charge is 0.387 e. The lowest BCUT2D eigenvalue weighted by Crippen LogP contribution is -2.43. The quantitative estimate of drug-likeness (QED) is 0.856. The van der Waals surface area contributed by atoms with Crippen LogP contribution in [0.1, 0.15) is 48.1 Å². The number of likely N-dealkylation sites (tertiary alicyclic amines) is 1. The van der Waals surface area contributed by atoms with Gasteiger partial charge in [-0.25, -0.2) is 0 Å². The van der Waals surface area contributed by atoms with Crippen LogP contribution in [0.5, 0.6) is 0 Å². The fraction of sp³-hybridized carbons (Fsp3) is 0.478. The summed E-state index contributed by atoms with van der Waals surface area (Å²) < 4.78 is 0. The number of hydrogen-bond donors (Lipinski definition) is 1. The third-order valence-corrected chi connectivity index (χ3v) is 5.71. The molecule has 2 unspecified atom stereocenters. The highest BCUT2D eigenvalue weighted by atomic mass is 16.3. The standard InChI is InChI=1S/C23H31NO/c1-17-7-9-22(10-8-17)23(25)19(3)24-13-11-20(12-14-24)16-21-6-4-5-18(2)15-21/h4-10,15,19-20,23,25H,11-14,16H2,1-3H3. The Hall–Kier alpha value is -1.64. The van der Waals surface area contributed by atoms with Crippen molar-refractivity contribution in [3.63, 3.8) is 0 Å². The third-order valence-electron chi connectivity index (χ3n) is 5.71. The molecule has 0 radical (unpaired) electrons. The minimum Gasteiger partial charge on any atom is -0.387 e. The Morgan fingerprint density at radius 2 is 1.68 bits per heavy atom. The normalized spacial score (nSPS) is 18.9. The van der Waals surface area contributed by atoms with Gasteiger partial charge in [-0.1, -0.05) is 59.7 Å². The van der Waals surface area contributed by atoms with Gasteiger partial charge < -0.3 is 5.11 Å². The molecule has 2 atom stereocenters. The first kappa shape index (κ1) is 18.2. The van der Waals surface area contributed by atoms with Gasteiger partial charge >= 0.3 is 0 Å². The first-order chi connectivity index (χ1) is 12.0. The topological polar surface area (TPSA) is 23.5 Å².